The minimum Gasteiger partial charge on any atom is -0.394 e. The second-order valence-corrected chi connectivity index (χ2v) is 17.3. The zero-order valence-corrected chi connectivity index (χ0v) is 28.5. The van der Waals surface area contributed by atoms with Gasteiger partial charge in [0.15, 0.2) is 6.29 Å². The first-order chi connectivity index (χ1) is 20.3. The minimum absolute atomic E-state index is 0.0231. The van der Waals surface area contributed by atoms with Gasteiger partial charge in [-0.05, 0) is 124 Å². The van der Waals surface area contributed by atoms with Crippen molar-refractivity contribution >= 4 is 0 Å². The standard InChI is InChI=1S/C36H62O8/c1-20(2)10-9-14-36(8,42)21-11-16-35(7)27(21)22(38)18-25-33(5)15-13-26(32(3,4)24(33)12-17-34(25,35)6)44-31-30(41)29(40)28(39)23(19-37)43-31/h10,21-31,37-42H,9,11-19H2,1-8H3/t21-,22+,23+,24-,25+,26-,27+,28+,29-,30+,31-,33-,34+,35+,36-/m0/s1. The molecule has 15 atom stereocenters. The smallest absolute Gasteiger partial charge is 0.186 e. The number of rotatable bonds is 7. The van der Waals surface area contributed by atoms with Crippen molar-refractivity contribution in [3.05, 3.63) is 11.6 Å². The molecule has 8 nitrogen and oxygen atoms in total. The van der Waals surface area contributed by atoms with E-state index < -0.39 is 49.0 Å². The Morgan fingerprint density at radius 1 is 0.886 bits per heavy atom. The molecule has 0 unspecified atom stereocenters. The lowest BCUT2D eigenvalue weighted by atomic mass is 9.35. The highest BCUT2D eigenvalue weighted by atomic mass is 16.7. The fourth-order valence-corrected chi connectivity index (χ4v) is 11.9. The summed E-state index contributed by atoms with van der Waals surface area (Å²) in [6.07, 6.45) is 3.15. The number of hydrogen-bond donors (Lipinski definition) is 6. The van der Waals surface area contributed by atoms with E-state index in [9.17, 15) is 30.6 Å². The van der Waals surface area contributed by atoms with E-state index in [2.05, 4.69) is 54.5 Å². The first-order valence-electron chi connectivity index (χ1n) is 17.3. The summed E-state index contributed by atoms with van der Waals surface area (Å²) >= 11 is 0. The molecule has 8 heteroatoms. The van der Waals surface area contributed by atoms with Gasteiger partial charge in [0, 0.05) is 0 Å². The maximum absolute atomic E-state index is 12.0. The fourth-order valence-electron chi connectivity index (χ4n) is 11.9. The van der Waals surface area contributed by atoms with Crippen molar-refractivity contribution in [3.8, 4) is 0 Å². The lowest BCUT2D eigenvalue weighted by Crippen LogP contribution is -2.67. The first-order valence-corrected chi connectivity index (χ1v) is 17.3. The summed E-state index contributed by atoms with van der Waals surface area (Å²) in [5.74, 6) is 0.792. The molecule has 44 heavy (non-hydrogen) atoms. The zero-order valence-electron chi connectivity index (χ0n) is 28.5. The SMILES string of the molecule is CC(C)=CCC[C@](C)(O)[C@H]1CC[C@]2(C)[C@H]1[C@H](O)C[C@@H]1[C@@]3(C)CC[C@H](O[C@@H]4O[C@H](CO)[C@@H](O)[C@H](O)[C@H]4O)C(C)(C)[C@@H]3CC[C@]12C. The fraction of sp³-hybridized carbons (Fsp3) is 0.944. The zero-order chi connectivity index (χ0) is 32.6. The number of hydrogen-bond acceptors (Lipinski definition) is 8. The number of ether oxygens (including phenoxy) is 2. The molecule has 0 bridgehead atoms. The van der Waals surface area contributed by atoms with Gasteiger partial charge in [0.1, 0.15) is 24.4 Å². The van der Waals surface area contributed by atoms with Crippen molar-refractivity contribution in [1.29, 1.82) is 0 Å². The van der Waals surface area contributed by atoms with Crippen molar-refractivity contribution in [2.24, 2.45) is 45.3 Å². The second-order valence-electron chi connectivity index (χ2n) is 17.3. The molecule has 6 N–H and O–H groups in total. The Morgan fingerprint density at radius 2 is 1.55 bits per heavy atom. The Hall–Kier alpha value is -0.580. The van der Waals surface area contributed by atoms with E-state index in [1.165, 1.54) is 5.57 Å². The third kappa shape index (κ3) is 5.26. The van der Waals surface area contributed by atoms with Crippen LogP contribution in [0.15, 0.2) is 11.6 Å². The Bertz CT molecular complexity index is 1070. The van der Waals surface area contributed by atoms with Crippen LogP contribution in [0.4, 0.5) is 0 Å². The summed E-state index contributed by atoms with van der Waals surface area (Å²) in [5, 5.41) is 64.8. The summed E-state index contributed by atoms with van der Waals surface area (Å²) < 4.78 is 12.2. The molecule has 0 aromatic heterocycles. The third-order valence-electron chi connectivity index (χ3n) is 14.5. The van der Waals surface area contributed by atoms with E-state index in [0.717, 1.165) is 51.4 Å². The van der Waals surface area contributed by atoms with Crippen molar-refractivity contribution < 1.29 is 40.1 Å². The van der Waals surface area contributed by atoms with Gasteiger partial charge in [-0.1, -0.05) is 46.3 Å². The molecule has 1 heterocycles. The van der Waals surface area contributed by atoms with Gasteiger partial charge in [-0.2, -0.15) is 0 Å². The van der Waals surface area contributed by atoms with Crippen LogP contribution in [0.5, 0.6) is 0 Å². The molecule has 0 spiro atoms. The molecule has 0 radical (unpaired) electrons. The summed E-state index contributed by atoms with van der Waals surface area (Å²) in [5.41, 5.74) is 0.122. The van der Waals surface area contributed by atoms with Crippen LogP contribution in [-0.2, 0) is 9.47 Å². The van der Waals surface area contributed by atoms with Gasteiger partial charge in [0.25, 0.3) is 0 Å². The number of allylic oxidation sites excluding steroid dienone is 2. The number of aliphatic hydroxyl groups is 6. The Morgan fingerprint density at radius 3 is 2.18 bits per heavy atom. The van der Waals surface area contributed by atoms with E-state index in [1.807, 2.05) is 6.92 Å². The Labute approximate surface area is 265 Å². The number of fused-ring (bicyclic) bond motifs is 5. The maximum Gasteiger partial charge on any atom is 0.186 e. The van der Waals surface area contributed by atoms with Crippen LogP contribution in [0.3, 0.4) is 0 Å². The molecule has 5 rings (SSSR count). The van der Waals surface area contributed by atoms with Crippen molar-refractivity contribution in [2.75, 3.05) is 6.61 Å². The van der Waals surface area contributed by atoms with E-state index in [4.69, 9.17) is 9.47 Å². The Balaban J connectivity index is 1.37. The highest BCUT2D eigenvalue weighted by Crippen LogP contribution is 2.76. The molecule has 0 aromatic rings. The van der Waals surface area contributed by atoms with Gasteiger partial charge in [-0.3, -0.25) is 0 Å². The second kappa shape index (κ2) is 11.8. The van der Waals surface area contributed by atoms with E-state index in [-0.39, 0.29) is 39.6 Å². The topological polar surface area (TPSA) is 140 Å². The van der Waals surface area contributed by atoms with Crippen LogP contribution in [0.1, 0.15) is 113 Å². The Kier molecular flexibility index (Phi) is 9.35. The van der Waals surface area contributed by atoms with Crippen LogP contribution in [0.25, 0.3) is 0 Å². The molecule has 0 amide bonds. The normalized spacial score (nSPS) is 51.5. The highest BCUT2D eigenvalue weighted by Gasteiger charge is 2.71. The van der Waals surface area contributed by atoms with E-state index >= 15 is 0 Å². The molecule has 1 aliphatic heterocycles. The van der Waals surface area contributed by atoms with Crippen LogP contribution in [-0.4, -0.2) is 85.8 Å². The highest BCUT2D eigenvalue weighted by molar-refractivity contribution is 5.20. The van der Waals surface area contributed by atoms with Crippen LogP contribution < -0.4 is 0 Å². The molecule has 5 aliphatic rings. The number of aliphatic hydroxyl groups excluding tert-OH is 5. The molecule has 4 aliphatic carbocycles. The lowest BCUT2D eigenvalue weighted by Gasteiger charge is -2.70. The third-order valence-corrected chi connectivity index (χ3v) is 14.5. The van der Waals surface area contributed by atoms with Gasteiger partial charge in [0.2, 0.25) is 0 Å². The molecular weight excluding hydrogens is 560 g/mol. The van der Waals surface area contributed by atoms with Crippen LogP contribution in [0, 0.1) is 45.3 Å². The summed E-state index contributed by atoms with van der Waals surface area (Å²) in [4.78, 5) is 0. The van der Waals surface area contributed by atoms with E-state index in [0.29, 0.717) is 18.3 Å². The van der Waals surface area contributed by atoms with Crippen LogP contribution >= 0.6 is 0 Å². The molecule has 1 saturated heterocycles. The van der Waals surface area contributed by atoms with Crippen molar-refractivity contribution in [1.82, 2.24) is 0 Å². The largest absolute Gasteiger partial charge is 0.394 e. The van der Waals surface area contributed by atoms with Crippen molar-refractivity contribution in [2.45, 2.75) is 162 Å². The van der Waals surface area contributed by atoms with Gasteiger partial charge in [0.05, 0.1) is 24.4 Å². The molecule has 4 saturated carbocycles. The molecule has 5 fully saturated rings. The lowest BCUT2D eigenvalue weighted by molar-refractivity contribution is -0.332. The maximum atomic E-state index is 12.0. The first kappa shape index (κ1) is 34.7. The summed E-state index contributed by atoms with van der Waals surface area (Å²) in [6, 6.07) is 0. The van der Waals surface area contributed by atoms with Crippen molar-refractivity contribution in [3.63, 3.8) is 0 Å². The predicted octanol–water partition coefficient (Wildman–Crippen LogP) is 4.32. The minimum atomic E-state index is -1.46. The monoisotopic (exact) mass is 622 g/mol. The van der Waals surface area contributed by atoms with Gasteiger partial charge in [-0.25, -0.2) is 0 Å². The van der Waals surface area contributed by atoms with Gasteiger partial charge < -0.3 is 40.1 Å². The summed E-state index contributed by atoms with van der Waals surface area (Å²) in [6.45, 7) is 17.5. The molecule has 254 valence electrons. The predicted molar refractivity (Wildman–Crippen MR) is 168 cm³/mol. The molecular formula is C36H62O8. The van der Waals surface area contributed by atoms with Gasteiger partial charge in [-0.15, -0.1) is 0 Å². The average molecular weight is 623 g/mol. The quantitative estimate of drug-likeness (QED) is 0.182. The van der Waals surface area contributed by atoms with Gasteiger partial charge >= 0.3 is 0 Å². The van der Waals surface area contributed by atoms with E-state index in [1.54, 1.807) is 0 Å². The summed E-state index contributed by atoms with van der Waals surface area (Å²) in [7, 11) is 0. The average Bonchev–Trinajstić information content (AvgIpc) is 3.32. The van der Waals surface area contributed by atoms with Crippen LogP contribution in [0.2, 0.25) is 0 Å². The molecule has 0 aromatic carbocycles.